The fourth-order valence-electron chi connectivity index (χ4n) is 4.58. The number of benzene rings is 2. The third-order valence-corrected chi connectivity index (χ3v) is 8.17. The van der Waals surface area contributed by atoms with Crippen LogP contribution < -0.4 is 16.0 Å². The van der Waals surface area contributed by atoms with Gasteiger partial charge in [-0.15, -0.1) is 0 Å². The zero-order valence-electron chi connectivity index (χ0n) is 21.5. The van der Waals surface area contributed by atoms with Gasteiger partial charge in [-0.3, -0.25) is 13.8 Å². The maximum atomic E-state index is 12.4. The molecule has 0 spiro atoms. The quantitative estimate of drug-likeness (QED) is 0.368. The van der Waals surface area contributed by atoms with E-state index in [1.165, 1.54) is 0 Å². The smallest absolute Gasteiger partial charge is 0.259 e. The normalized spacial score (nSPS) is 14.7. The number of aryl methyl sites for hydroxylation is 1. The van der Waals surface area contributed by atoms with Crippen LogP contribution >= 0.6 is 0 Å². The lowest BCUT2D eigenvalue weighted by Gasteiger charge is -2.23. The molecule has 9 heteroatoms. The van der Waals surface area contributed by atoms with Crippen LogP contribution in [0.2, 0.25) is 0 Å². The maximum absolute atomic E-state index is 12.4. The van der Waals surface area contributed by atoms with Crippen LogP contribution in [0.1, 0.15) is 45.1 Å². The SMILES string of the molecule is Cc1ccnc2c1NC(=O)c1cccnc1N2C1CC1.NC(=O)CS(=O)C(c1ccccc1)c1ccccc1. The summed E-state index contributed by atoms with van der Waals surface area (Å²) in [7, 11) is -1.36. The molecular formula is C30H29N5O3S. The molecule has 2 aromatic carbocycles. The van der Waals surface area contributed by atoms with Gasteiger partial charge >= 0.3 is 0 Å². The summed E-state index contributed by atoms with van der Waals surface area (Å²) in [5.74, 6) is 0.723. The predicted octanol–water partition coefficient (Wildman–Crippen LogP) is 4.66. The molecule has 3 N–H and O–H groups in total. The summed E-state index contributed by atoms with van der Waals surface area (Å²) in [5.41, 5.74) is 9.42. The zero-order chi connectivity index (χ0) is 27.4. The van der Waals surface area contributed by atoms with Crippen LogP contribution in [0, 0.1) is 6.92 Å². The van der Waals surface area contributed by atoms with Gasteiger partial charge in [0.15, 0.2) is 5.82 Å². The summed E-state index contributed by atoms with van der Waals surface area (Å²) in [6.07, 6.45) is 5.73. The van der Waals surface area contributed by atoms with Gasteiger partial charge in [-0.1, -0.05) is 60.7 Å². The minimum atomic E-state index is -1.36. The highest BCUT2D eigenvalue weighted by Gasteiger charge is 2.37. The second kappa shape index (κ2) is 11.6. The van der Waals surface area contributed by atoms with Crippen LogP contribution in [0.4, 0.5) is 17.3 Å². The van der Waals surface area contributed by atoms with E-state index in [-0.39, 0.29) is 16.9 Å². The molecule has 1 fully saturated rings. The molecule has 0 saturated heterocycles. The topological polar surface area (TPSA) is 118 Å². The lowest BCUT2D eigenvalue weighted by molar-refractivity contribution is -0.115. The number of primary amides is 1. The Balaban J connectivity index is 0.000000158. The highest BCUT2D eigenvalue weighted by atomic mass is 32.2. The molecule has 0 bridgehead atoms. The minimum Gasteiger partial charge on any atom is -0.369 e. The Hall–Kier alpha value is -4.37. The van der Waals surface area contributed by atoms with Crippen LogP contribution in [-0.2, 0) is 15.6 Å². The Morgan fingerprint density at radius 1 is 0.949 bits per heavy atom. The average Bonchev–Trinajstić information content (AvgIpc) is 3.78. The number of nitrogens with zero attached hydrogens (tertiary/aromatic N) is 3. The van der Waals surface area contributed by atoms with Crippen LogP contribution in [0.25, 0.3) is 0 Å². The first kappa shape index (κ1) is 26.2. The molecule has 1 atom stereocenters. The molecule has 6 rings (SSSR count). The van der Waals surface area contributed by atoms with Crippen molar-refractivity contribution in [3.05, 3.63) is 114 Å². The summed E-state index contributed by atoms with van der Waals surface area (Å²) < 4.78 is 12.4. The molecule has 1 unspecified atom stereocenters. The molecule has 198 valence electrons. The van der Waals surface area contributed by atoms with Gasteiger partial charge in [0.2, 0.25) is 5.91 Å². The molecule has 39 heavy (non-hydrogen) atoms. The summed E-state index contributed by atoms with van der Waals surface area (Å²) >= 11 is 0. The molecule has 1 aliphatic heterocycles. The van der Waals surface area contributed by atoms with E-state index in [0.717, 1.165) is 41.0 Å². The van der Waals surface area contributed by atoms with Gasteiger partial charge < -0.3 is 16.0 Å². The highest BCUT2D eigenvalue weighted by Crippen LogP contribution is 2.43. The molecule has 8 nitrogen and oxygen atoms in total. The zero-order valence-corrected chi connectivity index (χ0v) is 22.3. The van der Waals surface area contributed by atoms with E-state index in [9.17, 15) is 13.8 Å². The Bertz CT molecular complexity index is 1470. The third kappa shape index (κ3) is 5.88. The van der Waals surface area contributed by atoms with Crippen molar-refractivity contribution in [1.82, 2.24) is 9.97 Å². The van der Waals surface area contributed by atoms with Gasteiger partial charge in [-0.2, -0.15) is 0 Å². The van der Waals surface area contributed by atoms with Gasteiger partial charge in [0, 0.05) is 29.2 Å². The number of carbonyl (C=O) groups excluding carboxylic acids is 2. The summed E-state index contributed by atoms with van der Waals surface area (Å²) in [4.78, 5) is 34.4. The van der Waals surface area contributed by atoms with E-state index in [4.69, 9.17) is 5.73 Å². The number of hydrogen-bond donors (Lipinski definition) is 2. The minimum absolute atomic E-state index is 0.117. The number of nitrogens with one attached hydrogen (secondary N) is 1. The second-order valence-electron chi connectivity index (χ2n) is 9.45. The van der Waals surface area contributed by atoms with E-state index in [0.29, 0.717) is 17.4 Å². The van der Waals surface area contributed by atoms with Crippen molar-refractivity contribution < 1.29 is 13.8 Å². The van der Waals surface area contributed by atoms with Gasteiger partial charge in [0.25, 0.3) is 5.91 Å². The van der Waals surface area contributed by atoms with Crippen molar-refractivity contribution >= 4 is 39.9 Å². The van der Waals surface area contributed by atoms with Crippen molar-refractivity contribution in [1.29, 1.82) is 0 Å². The van der Waals surface area contributed by atoms with Crippen LogP contribution in [0.15, 0.2) is 91.3 Å². The van der Waals surface area contributed by atoms with Crippen molar-refractivity contribution in [3.8, 4) is 0 Å². The average molecular weight is 540 g/mol. The van der Waals surface area contributed by atoms with E-state index < -0.39 is 16.7 Å². The van der Waals surface area contributed by atoms with Crippen LogP contribution in [0.5, 0.6) is 0 Å². The van der Waals surface area contributed by atoms with Gasteiger partial charge in [-0.05, 0) is 54.7 Å². The van der Waals surface area contributed by atoms with Crippen LogP contribution in [0.3, 0.4) is 0 Å². The van der Waals surface area contributed by atoms with Crippen molar-refractivity contribution in [2.75, 3.05) is 16.0 Å². The Morgan fingerprint density at radius 3 is 2.15 bits per heavy atom. The predicted molar refractivity (Wildman–Crippen MR) is 153 cm³/mol. The summed E-state index contributed by atoms with van der Waals surface area (Å²) in [6.45, 7) is 1.98. The van der Waals surface area contributed by atoms with Crippen LogP contribution in [-0.4, -0.2) is 37.8 Å². The molecule has 0 radical (unpaired) electrons. The molecule has 3 heterocycles. The molecule has 2 amide bonds. The molecule has 1 aliphatic carbocycles. The monoisotopic (exact) mass is 539 g/mol. The van der Waals surface area contributed by atoms with E-state index in [1.54, 1.807) is 18.5 Å². The summed E-state index contributed by atoms with van der Waals surface area (Å²) in [6, 6.07) is 25.0. The fraction of sp³-hybridized carbons (Fsp3) is 0.200. The highest BCUT2D eigenvalue weighted by molar-refractivity contribution is 7.86. The number of fused-ring (bicyclic) bond motifs is 2. The summed E-state index contributed by atoms with van der Waals surface area (Å²) in [5, 5.41) is 2.65. The number of aromatic nitrogens is 2. The lowest BCUT2D eigenvalue weighted by atomic mass is 10.0. The number of amides is 2. The largest absolute Gasteiger partial charge is 0.369 e. The molecular weight excluding hydrogens is 510 g/mol. The first-order chi connectivity index (χ1) is 18.9. The number of rotatable bonds is 6. The van der Waals surface area contributed by atoms with Crippen molar-refractivity contribution in [2.24, 2.45) is 5.73 Å². The Morgan fingerprint density at radius 2 is 1.56 bits per heavy atom. The van der Waals surface area contributed by atoms with E-state index in [2.05, 4.69) is 20.2 Å². The van der Waals surface area contributed by atoms with E-state index >= 15 is 0 Å². The van der Waals surface area contributed by atoms with E-state index in [1.807, 2.05) is 79.7 Å². The first-order valence-electron chi connectivity index (χ1n) is 12.7. The Labute approximate surface area is 229 Å². The number of anilines is 3. The second-order valence-corrected chi connectivity index (χ2v) is 11.0. The Kier molecular flexibility index (Phi) is 7.79. The number of carbonyl (C=O) groups is 2. The van der Waals surface area contributed by atoms with Crippen molar-refractivity contribution in [2.45, 2.75) is 31.1 Å². The third-order valence-electron chi connectivity index (χ3n) is 6.53. The molecule has 2 aliphatic rings. The van der Waals surface area contributed by atoms with Gasteiger partial charge in [-0.25, -0.2) is 9.97 Å². The van der Waals surface area contributed by atoms with Crippen molar-refractivity contribution in [3.63, 3.8) is 0 Å². The molecule has 2 aromatic heterocycles. The standard InChI is InChI=1S/C15H14N4O.C15H15NO2S/c1-9-6-8-17-14-12(9)18-15(20)11-3-2-7-16-13(11)19(14)10-4-5-10;16-14(17)11-19(18)15(12-7-3-1-4-8-12)13-9-5-2-6-10-13/h2-3,6-8,10H,4-5H2,1H3,(H,18,20);1-10,15H,11H2,(H2,16,17). The first-order valence-corrected chi connectivity index (χ1v) is 14.1. The van der Waals surface area contributed by atoms with Gasteiger partial charge in [0.1, 0.15) is 11.6 Å². The van der Waals surface area contributed by atoms with Gasteiger partial charge in [0.05, 0.1) is 16.5 Å². The molecule has 1 saturated carbocycles. The molecule has 4 aromatic rings. The maximum Gasteiger partial charge on any atom is 0.259 e. The number of nitrogens with two attached hydrogens (primary N) is 1. The fourth-order valence-corrected chi connectivity index (χ4v) is 5.95. The number of pyridine rings is 2. The lowest BCUT2D eigenvalue weighted by Crippen LogP contribution is -2.23. The number of hydrogen-bond acceptors (Lipinski definition) is 6.